The molecule has 0 spiro atoms. The molecule has 4 nitrogen and oxygen atoms in total. The summed E-state index contributed by atoms with van der Waals surface area (Å²) in [6.07, 6.45) is 0. The molecule has 1 unspecified atom stereocenters. The molecule has 0 saturated carbocycles. The molecule has 0 aliphatic heterocycles. The summed E-state index contributed by atoms with van der Waals surface area (Å²) in [5, 5.41) is 3.02. The van der Waals surface area contributed by atoms with Crippen molar-refractivity contribution in [3.8, 4) is 5.75 Å². The first-order valence-electron chi connectivity index (χ1n) is 6.69. The van der Waals surface area contributed by atoms with E-state index in [2.05, 4.69) is 5.32 Å². The molecule has 1 atom stereocenters. The van der Waals surface area contributed by atoms with Crippen LogP contribution in [0.2, 0.25) is 0 Å². The minimum absolute atomic E-state index is 0.00213. The van der Waals surface area contributed by atoms with Gasteiger partial charge in [0.25, 0.3) is 0 Å². The van der Waals surface area contributed by atoms with Crippen molar-refractivity contribution in [2.24, 2.45) is 5.92 Å². The van der Waals surface area contributed by atoms with Gasteiger partial charge in [-0.15, -0.1) is 0 Å². The summed E-state index contributed by atoms with van der Waals surface area (Å²) in [6.45, 7) is 5.89. The minimum Gasteiger partial charge on any atom is -0.494 e. The minimum atomic E-state index is -0.00213. The maximum absolute atomic E-state index is 12.1. The van der Waals surface area contributed by atoms with Gasteiger partial charge in [-0.05, 0) is 31.7 Å². The summed E-state index contributed by atoms with van der Waals surface area (Å²) in [4.78, 5) is 13.8. The fourth-order valence-electron chi connectivity index (χ4n) is 1.98. The second kappa shape index (κ2) is 7.79. The Kier molecular flexibility index (Phi) is 6.36. The molecule has 19 heavy (non-hydrogen) atoms. The Morgan fingerprint density at radius 2 is 2.00 bits per heavy atom. The molecule has 1 N–H and O–H groups in total. The highest BCUT2D eigenvalue weighted by Crippen LogP contribution is 2.14. The molecule has 1 aromatic rings. The van der Waals surface area contributed by atoms with E-state index in [1.54, 1.807) is 4.90 Å². The van der Waals surface area contributed by atoms with Gasteiger partial charge in [0.15, 0.2) is 0 Å². The Bertz CT molecular complexity index is 390. The van der Waals surface area contributed by atoms with E-state index >= 15 is 0 Å². The highest BCUT2D eigenvalue weighted by molar-refractivity contribution is 5.78. The second-order valence-electron chi connectivity index (χ2n) is 4.73. The summed E-state index contributed by atoms with van der Waals surface area (Å²) in [5.41, 5.74) is 1.11. The lowest BCUT2D eigenvalue weighted by Crippen LogP contribution is -2.35. The van der Waals surface area contributed by atoms with Crippen LogP contribution in [0.15, 0.2) is 24.3 Å². The van der Waals surface area contributed by atoms with E-state index in [0.717, 1.165) is 11.3 Å². The molecule has 0 aromatic heterocycles. The zero-order valence-electron chi connectivity index (χ0n) is 12.3. The molecule has 106 valence electrons. The van der Waals surface area contributed by atoms with E-state index in [1.165, 1.54) is 0 Å². The number of carbonyl (C=O) groups is 1. The first kappa shape index (κ1) is 15.5. The van der Waals surface area contributed by atoms with Crippen LogP contribution in [-0.4, -0.2) is 38.1 Å². The number of hydrogen-bond acceptors (Lipinski definition) is 3. The molecule has 1 aromatic carbocycles. The topological polar surface area (TPSA) is 41.6 Å². The van der Waals surface area contributed by atoms with Crippen molar-refractivity contribution in [1.29, 1.82) is 0 Å². The summed E-state index contributed by atoms with van der Waals surface area (Å²) in [7, 11) is 3.70. The van der Waals surface area contributed by atoms with Crippen LogP contribution in [-0.2, 0) is 11.3 Å². The van der Waals surface area contributed by atoms with Gasteiger partial charge in [0.2, 0.25) is 5.91 Å². The van der Waals surface area contributed by atoms with Gasteiger partial charge in [-0.3, -0.25) is 4.79 Å². The third-order valence-corrected chi connectivity index (χ3v) is 2.96. The average molecular weight is 264 g/mol. The third kappa shape index (κ3) is 4.91. The highest BCUT2D eigenvalue weighted by Gasteiger charge is 2.16. The zero-order chi connectivity index (χ0) is 14.3. The first-order valence-corrected chi connectivity index (χ1v) is 6.69. The van der Waals surface area contributed by atoms with Crippen molar-refractivity contribution in [3.05, 3.63) is 29.8 Å². The lowest BCUT2D eigenvalue weighted by atomic mass is 10.1. The number of carbonyl (C=O) groups excluding carboxylic acids is 1. The molecule has 0 aliphatic carbocycles. The van der Waals surface area contributed by atoms with Gasteiger partial charge in [-0.2, -0.15) is 0 Å². The number of amides is 1. The molecule has 0 aliphatic rings. The number of benzene rings is 1. The van der Waals surface area contributed by atoms with Gasteiger partial charge in [-0.1, -0.05) is 19.1 Å². The van der Waals surface area contributed by atoms with E-state index in [-0.39, 0.29) is 11.8 Å². The van der Waals surface area contributed by atoms with E-state index in [9.17, 15) is 4.79 Å². The first-order chi connectivity index (χ1) is 9.08. The molecular weight excluding hydrogens is 240 g/mol. The zero-order valence-corrected chi connectivity index (χ0v) is 12.3. The average Bonchev–Trinajstić information content (AvgIpc) is 2.40. The normalized spacial score (nSPS) is 12.0. The van der Waals surface area contributed by atoms with Gasteiger partial charge < -0.3 is 15.0 Å². The molecule has 0 heterocycles. The van der Waals surface area contributed by atoms with Crippen molar-refractivity contribution >= 4 is 5.91 Å². The second-order valence-corrected chi connectivity index (χ2v) is 4.73. The van der Waals surface area contributed by atoms with E-state index in [4.69, 9.17) is 4.74 Å². The van der Waals surface area contributed by atoms with Crippen LogP contribution >= 0.6 is 0 Å². The largest absolute Gasteiger partial charge is 0.494 e. The molecule has 1 amide bonds. The number of nitrogens with one attached hydrogen (secondary N) is 1. The molecule has 0 saturated heterocycles. The maximum Gasteiger partial charge on any atom is 0.226 e. The van der Waals surface area contributed by atoms with Crippen LogP contribution in [0, 0.1) is 5.92 Å². The van der Waals surface area contributed by atoms with Crippen LogP contribution in [0.4, 0.5) is 0 Å². The Balaban J connectivity index is 2.56. The van der Waals surface area contributed by atoms with Crippen molar-refractivity contribution in [2.75, 3.05) is 27.2 Å². The van der Waals surface area contributed by atoms with Crippen LogP contribution < -0.4 is 10.1 Å². The smallest absolute Gasteiger partial charge is 0.226 e. The Labute approximate surface area is 115 Å². The molecular formula is C15H24N2O2. The molecule has 0 bridgehead atoms. The Morgan fingerprint density at radius 3 is 2.53 bits per heavy atom. The van der Waals surface area contributed by atoms with Crippen LogP contribution in [0.5, 0.6) is 5.75 Å². The molecule has 1 rings (SSSR count). The molecule has 4 heteroatoms. The summed E-state index contributed by atoms with van der Waals surface area (Å²) in [6, 6.07) is 7.87. The SMILES string of the molecule is CCOc1ccc(CN(C)C(=O)C(C)CNC)cc1. The van der Waals surface area contributed by atoms with E-state index in [0.29, 0.717) is 19.7 Å². The highest BCUT2D eigenvalue weighted by atomic mass is 16.5. The van der Waals surface area contributed by atoms with Gasteiger partial charge in [0, 0.05) is 26.1 Å². The summed E-state index contributed by atoms with van der Waals surface area (Å²) >= 11 is 0. The lowest BCUT2D eigenvalue weighted by molar-refractivity contribution is -0.134. The van der Waals surface area contributed by atoms with Gasteiger partial charge >= 0.3 is 0 Å². The number of ether oxygens (including phenoxy) is 1. The lowest BCUT2D eigenvalue weighted by Gasteiger charge is -2.21. The molecule has 0 radical (unpaired) electrons. The predicted octanol–water partition coefficient (Wildman–Crippen LogP) is 1.90. The maximum atomic E-state index is 12.1. The van der Waals surface area contributed by atoms with Crippen LogP contribution in [0.1, 0.15) is 19.4 Å². The number of nitrogens with zero attached hydrogens (tertiary/aromatic N) is 1. The Morgan fingerprint density at radius 1 is 1.37 bits per heavy atom. The van der Waals surface area contributed by atoms with Gasteiger partial charge in [-0.25, -0.2) is 0 Å². The van der Waals surface area contributed by atoms with E-state index in [1.807, 2.05) is 52.2 Å². The van der Waals surface area contributed by atoms with Crippen molar-refractivity contribution in [1.82, 2.24) is 10.2 Å². The quantitative estimate of drug-likeness (QED) is 0.818. The van der Waals surface area contributed by atoms with Gasteiger partial charge in [0.1, 0.15) is 5.75 Å². The Hall–Kier alpha value is -1.55. The third-order valence-electron chi connectivity index (χ3n) is 2.96. The summed E-state index contributed by atoms with van der Waals surface area (Å²) < 4.78 is 5.39. The van der Waals surface area contributed by atoms with E-state index < -0.39 is 0 Å². The standard InChI is InChI=1S/C15H24N2O2/c1-5-19-14-8-6-13(7-9-14)11-17(4)15(18)12(2)10-16-3/h6-9,12,16H,5,10-11H2,1-4H3. The predicted molar refractivity (Wildman–Crippen MR) is 77.2 cm³/mol. The van der Waals surface area contributed by atoms with Crippen LogP contribution in [0.25, 0.3) is 0 Å². The van der Waals surface area contributed by atoms with Crippen molar-refractivity contribution < 1.29 is 9.53 Å². The number of rotatable bonds is 7. The van der Waals surface area contributed by atoms with Crippen molar-refractivity contribution in [3.63, 3.8) is 0 Å². The fourth-order valence-corrected chi connectivity index (χ4v) is 1.98. The van der Waals surface area contributed by atoms with Crippen molar-refractivity contribution in [2.45, 2.75) is 20.4 Å². The van der Waals surface area contributed by atoms with Crippen LogP contribution in [0.3, 0.4) is 0 Å². The summed E-state index contributed by atoms with van der Waals surface area (Å²) in [5.74, 6) is 1.02. The monoisotopic (exact) mass is 264 g/mol. The molecule has 0 fully saturated rings. The fraction of sp³-hybridized carbons (Fsp3) is 0.533. The van der Waals surface area contributed by atoms with Gasteiger partial charge in [0.05, 0.1) is 6.61 Å². The number of hydrogen-bond donors (Lipinski definition) is 1.